The summed E-state index contributed by atoms with van der Waals surface area (Å²) < 4.78 is 1.04. The summed E-state index contributed by atoms with van der Waals surface area (Å²) in [7, 11) is 0. The second kappa shape index (κ2) is 7.63. The Balaban J connectivity index is 2.32. The van der Waals surface area contributed by atoms with Gasteiger partial charge in [-0.1, -0.05) is 13.3 Å². The monoisotopic (exact) mass is 317 g/mol. The van der Waals surface area contributed by atoms with Crippen molar-refractivity contribution in [2.75, 3.05) is 6.54 Å². The minimum absolute atomic E-state index is 0.176. The Morgan fingerprint density at radius 1 is 1.65 bits per heavy atom. The lowest BCUT2D eigenvalue weighted by molar-refractivity contribution is -0.116. The molecule has 1 unspecified atom stereocenters. The molecule has 1 amide bonds. The lowest BCUT2D eigenvalue weighted by Crippen LogP contribution is -2.30. The number of hydrogen-bond donors (Lipinski definition) is 2. The molecule has 1 atom stereocenters. The molecule has 0 aliphatic rings. The molecule has 1 rings (SSSR count). The first kappa shape index (κ1) is 14.4. The SMILES string of the molecule is CCCC(O)CNC(=O)/C=C/c1ccc(Br)s1. The highest BCUT2D eigenvalue weighted by Crippen LogP contribution is 2.22. The second-order valence-electron chi connectivity index (χ2n) is 3.66. The molecule has 1 aromatic rings. The third-order valence-electron chi connectivity index (χ3n) is 2.13. The summed E-state index contributed by atoms with van der Waals surface area (Å²) in [6.07, 6.45) is 4.42. The predicted molar refractivity (Wildman–Crippen MR) is 75.0 cm³/mol. The Labute approximate surface area is 114 Å². The maximum Gasteiger partial charge on any atom is 0.244 e. The first-order chi connectivity index (χ1) is 8.11. The largest absolute Gasteiger partial charge is 0.391 e. The lowest BCUT2D eigenvalue weighted by atomic mass is 10.2. The maximum atomic E-state index is 11.4. The fourth-order valence-electron chi connectivity index (χ4n) is 1.29. The van der Waals surface area contributed by atoms with E-state index in [-0.39, 0.29) is 5.91 Å². The molecule has 1 aromatic heterocycles. The number of aliphatic hydroxyl groups is 1. The van der Waals surface area contributed by atoms with Crippen LogP contribution < -0.4 is 5.32 Å². The molecule has 0 saturated carbocycles. The molecule has 0 aliphatic carbocycles. The molecule has 17 heavy (non-hydrogen) atoms. The van der Waals surface area contributed by atoms with Gasteiger partial charge < -0.3 is 10.4 Å². The van der Waals surface area contributed by atoms with E-state index in [2.05, 4.69) is 21.2 Å². The Hall–Kier alpha value is -0.650. The smallest absolute Gasteiger partial charge is 0.244 e. The minimum atomic E-state index is -0.451. The quantitative estimate of drug-likeness (QED) is 0.793. The molecular weight excluding hydrogens is 302 g/mol. The highest BCUT2D eigenvalue weighted by Gasteiger charge is 2.03. The van der Waals surface area contributed by atoms with Gasteiger partial charge in [-0.3, -0.25) is 4.79 Å². The van der Waals surface area contributed by atoms with Crippen molar-refractivity contribution in [3.63, 3.8) is 0 Å². The van der Waals surface area contributed by atoms with E-state index in [4.69, 9.17) is 0 Å². The van der Waals surface area contributed by atoms with Crippen LogP contribution in [0.2, 0.25) is 0 Å². The van der Waals surface area contributed by atoms with Crippen LogP contribution in [0.5, 0.6) is 0 Å². The number of aliphatic hydroxyl groups excluding tert-OH is 1. The molecular formula is C12H16BrNO2S. The van der Waals surface area contributed by atoms with Crippen molar-refractivity contribution in [2.24, 2.45) is 0 Å². The van der Waals surface area contributed by atoms with Crippen LogP contribution in [0.15, 0.2) is 22.0 Å². The first-order valence-electron chi connectivity index (χ1n) is 5.51. The van der Waals surface area contributed by atoms with Crippen LogP contribution in [0.1, 0.15) is 24.6 Å². The number of halogens is 1. The Morgan fingerprint density at radius 2 is 2.41 bits per heavy atom. The van der Waals surface area contributed by atoms with Crippen molar-refractivity contribution in [3.05, 3.63) is 26.9 Å². The van der Waals surface area contributed by atoms with E-state index in [1.807, 2.05) is 19.1 Å². The van der Waals surface area contributed by atoms with Crippen molar-refractivity contribution >= 4 is 39.2 Å². The number of amides is 1. The molecule has 0 bridgehead atoms. The van der Waals surface area contributed by atoms with Gasteiger partial charge in [-0.15, -0.1) is 11.3 Å². The van der Waals surface area contributed by atoms with E-state index >= 15 is 0 Å². The van der Waals surface area contributed by atoms with E-state index in [0.29, 0.717) is 13.0 Å². The Morgan fingerprint density at radius 3 is 3.00 bits per heavy atom. The third kappa shape index (κ3) is 6.00. The van der Waals surface area contributed by atoms with Gasteiger partial charge in [0.05, 0.1) is 9.89 Å². The third-order valence-corrected chi connectivity index (χ3v) is 3.72. The van der Waals surface area contributed by atoms with Gasteiger partial charge in [0, 0.05) is 17.5 Å². The van der Waals surface area contributed by atoms with E-state index in [1.54, 1.807) is 17.4 Å². The second-order valence-corrected chi connectivity index (χ2v) is 6.16. The van der Waals surface area contributed by atoms with Crippen LogP contribution in [0.4, 0.5) is 0 Å². The molecule has 0 aromatic carbocycles. The average molecular weight is 318 g/mol. The fraction of sp³-hybridized carbons (Fsp3) is 0.417. The van der Waals surface area contributed by atoms with Crippen LogP contribution in [-0.2, 0) is 4.79 Å². The molecule has 0 spiro atoms. The van der Waals surface area contributed by atoms with Crippen molar-refractivity contribution < 1.29 is 9.90 Å². The standard InChI is InChI=1S/C12H16BrNO2S/c1-2-3-9(15)8-14-12(16)7-5-10-4-6-11(13)17-10/h4-7,9,15H,2-3,8H2,1H3,(H,14,16)/b7-5+. The van der Waals surface area contributed by atoms with Gasteiger partial charge in [-0.05, 0) is 40.6 Å². The molecule has 2 N–H and O–H groups in total. The van der Waals surface area contributed by atoms with Gasteiger partial charge in [-0.2, -0.15) is 0 Å². The number of carbonyl (C=O) groups excluding carboxylic acids is 1. The zero-order valence-corrected chi connectivity index (χ0v) is 12.1. The normalized spacial score (nSPS) is 12.9. The summed E-state index contributed by atoms with van der Waals surface area (Å²) >= 11 is 4.92. The van der Waals surface area contributed by atoms with Crippen LogP contribution >= 0.6 is 27.3 Å². The van der Waals surface area contributed by atoms with Gasteiger partial charge in [0.1, 0.15) is 0 Å². The maximum absolute atomic E-state index is 11.4. The van der Waals surface area contributed by atoms with Gasteiger partial charge in [0.25, 0.3) is 0 Å². The summed E-state index contributed by atoms with van der Waals surface area (Å²) in [6, 6.07) is 3.87. The van der Waals surface area contributed by atoms with Gasteiger partial charge in [0.15, 0.2) is 0 Å². The van der Waals surface area contributed by atoms with E-state index in [1.165, 1.54) is 6.08 Å². The molecule has 0 aliphatic heterocycles. The summed E-state index contributed by atoms with van der Waals surface area (Å²) in [5.41, 5.74) is 0. The van der Waals surface area contributed by atoms with Gasteiger partial charge in [-0.25, -0.2) is 0 Å². The van der Waals surface area contributed by atoms with Crippen molar-refractivity contribution in [3.8, 4) is 0 Å². The summed E-state index contributed by atoms with van der Waals surface area (Å²) in [5.74, 6) is -0.176. The van der Waals surface area contributed by atoms with Crippen molar-refractivity contribution in [2.45, 2.75) is 25.9 Å². The molecule has 94 valence electrons. The zero-order valence-electron chi connectivity index (χ0n) is 9.65. The molecule has 1 heterocycles. The summed E-state index contributed by atoms with van der Waals surface area (Å²) in [5, 5.41) is 12.1. The Kier molecular flexibility index (Phi) is 6.47. The highest BCUT2D eigenvalue weighted by molar-refractivity contribution is 9.11. The number of nitrogens with one attached hydrogen (secondary N) is 1. The number of rotatable bonds is 6. The first-order valence-corrected chi connectivity index (χ1v) is 7.12. The van der Waals surface area contributed by atoms with E-state index in [9.17, 15) is 9.90 Å². The fourth-order valence-corrected chi connectivity index (χ4v) is 2.61. The Bertz CT molecular complexity index is 390. The topological polar surface area (TPSA) is 49.3 Å². The predicted octanol–water partition coefficient (Wildman–Crippen LogP) is 2.80. The molecule has 3 nitrogen and oxygen atoms in total. The van der Waals surface area contributed by atoms with Crippen LogP contribution in [0.25, 0.3) is 6.08 Å². The summed E-state index contributed by atoms with van der Waals surface area (Å²) in [6.45, 7) is 2.31. The van der Waals surface area contributed by atoms with E-state index in [0.717, 1.165) is 15.1 Å². The summed E-state index contributed by atoms with van der Waals surface area (Å²) in [4.78, 5) is 12.4. The lowest BCUT2D eigenvalue weighted by Gasteiger charge is -2.08. The number of thiophene rings is 1. The molecule has 0 radical (unpaired) electrons. The number of carbonyl (C=O) groups is 1. The number of hydrogen-bond acceptors (Lipinski definition) is 3. The van der Waals surface area contributed by atoms with Gasteiger partial charge >= 0.3 is 0 Å². The zero-order chi connectivity index (χ0) is 12.7. The van der Waals surface area contributed by atoms with Crippen molar-refractivity contribution in [1.82, 2.24) is 5.32 Å². The van der Waals surface area contributed by atoms with Crippen molar-refractivity contribution in [1.29, 1.82) is 0 Å². The molecule has 0 fully saturated rings. The van der Waals surface area contributed by atoms with Crippen LogP contribution in [0.3, 0.4) is 0 Å². The molecule has 5 heteroatoms. The highest BCUT2D eigenvalue weighted by atomic mass is 79.9. The van der Waals surface area contributed by atoms with Crippen LogP contribution in [-0.4, -0.2) is 23.7 Å². The molecule has 0 saturated heterocycles. The van der Waals surface area contributed by atoms with Gasteiger partial charge in [0.2, 0.25) is 5.91 Å². The average Bonchev–Trinajstić information content (AvgIpc) is 2.70. The minimum Gasteiger partial charge on any atom is -0.391 e. The van der Waals surface area contributed by atoms with Crippen LogP contribution in [0, 0.1) is 0 Å². The van der Waals surface area contributed by atoms with E-state index < -0.39 is 6.10 Å².